The summed E-state index contributed by atoms with van der Waals surface area (Å²) >= 11 is 0. The second-order valence-electron chi connectivity index (χ2n) is 6.73. The summed E-state index contributed by atoms with van der Waals surface area (Å²) < 4.78 is 10.7. The molecule has 0 aromatic carbocycles. The SMILES string of the molecule is C[Si](C)(C)OC(=O)CCCCCC(=O)O[Si](C)(C)C. The van der Waals surface area contributed by atoms with Crippen molar-refractivity contribution in [3.8, 4) is 0 Å². The molecule has 0 saturated carbocycles. The molecule has 0 rings (SSSR count). The second-order valence-corrected chi connectivity index (χ2v) is 15.6. The van der Waals surface area contributed by atoms with Crippen LogP contribution < -0.4 is 0 Å². The fourth-order valence-electron chi connectivity index (χ4n) is 1.50. The van der Waals surface area contributed by atoms with E-state index in [1.807, 2.05) is 39.3 Å². The van der Waals surface area contributed by atoms with Gasteiger partial charge >= 0.3 is 0 Å². The molecule has 4 nitrogen and oxygen atoms in total. The molecule has 0 heterocycles. The lowest BCUT2D eigenvalue weighted by molar-refractivity contribution is -0.135. The minimum Gasteiger partial charge on any atom is -0.520 e. The Bertz CT molecular complexity index is 273. The van der Waals surface area contributed by atoms with Crippen molar-refractivity contribution < 1.29 is 18.4 Å². The first kappa shape index (κ1) is 18.4. The Morgan fingerprint density at radius 2 is 1.00 bits per heavy atom. The highest BCUT2D eigenvalue weighted by atomic mass is 28.4. The van der Waals surface area contributed by atoms with Gasteiger partial charge in [-0.1, -0.05) is 6.42 Å². The predicted octanol–water partition coefficient (Wildman–Crippen LogP) is 3.69. The smallest absolute Gasteiger partial charge is 0.292 e. The quantitative estimate of drug-likeness (QED) is 0.507. The lowest BCUT2D eigenvalue weighted by Gasteiger charge is -2.17. The highest BCUT2D eigenvalue weighted by Gasteiger charge is 2.20. The summed E-state index contributed by atoms with van der Waals surface area (Å²) in [6, 6.07) is 0. The summed E-state index contributed by atoms with van der Waals surface area (Å²) in [4.78, 5) is 22.9. The van der Waals surface area contributed by atoms with Crippen LogP contribution >= 0.6 is 0 Å². The van der Waals surface area contributed by atoms with Crippen molar-refractivity contribution >= 4 is 28.6 Å². The van der Waals surface area contributed by atoms with Crippen LogP contribution in [0.4, 0.5) is 0 Å². The molecule has 0 fully saturated rings. The molecular formula is C13H28O4Si2. The molecule has 0 N–H and O–H groups in total. The van der Waals surface area contributed by atoms with Crippen molar-refractivity contribution in [3.63, 3.8) is 0 Å². The second kappa shape index (κ2) is 7.84. The van der Waals surface area contributed by atoms with Crippen molar-refractivity contribution in [2.75, 3.05) is 0 Å². The van der Waals surface area contributed by atoms with Gasteiger partial charge in [0, 0.05) is 12.8 Å². The molecule has 0 aromatic heterocycles. The summed E-state index contributed by atoms with van der Waals surface area (Å²) in [5.41, 5.74) is 0. The van der Waals surface area contributed by atoms with Crippen LogP contribution in [0.2, 0.25) is 39.3 Å². The van der Waals surface area contributed by atoms with Crippen LogP contribution in [0.15, 0.2) is 0 Å². The molecule has 0 aliphatic heterocycles. The van der Waals surface area contributed by atoms with Gasteiger partial charge in [0.1, 0.15) is 0 Å². The van der Waals surface area contributed by atoms with Gasteiger partial charge in [-0.3, -0.25) is 9.59 Å². The van der Waals surface area contributed by atoms with Gasteiger partial charge in [-0.05, 0) is 52.1 Å². The summed E-state index contributed by atoms with van der Waals surface area (Å²) in [7, 11) is -3.51. The number of hydrogen-bond donors (Lipinski definition) is 0. The highest BCUT2D eigenvalue weighted by Crippen LogP contribution is 2.11. The number of carbonyl (C=O) groups excluding carboxylic acids is 2. The lowest BCUT2D eigenvalue weighted by Crippen LogP contribution is -2.29. The first-order chi connectivity index (χ1) is 8.49. The third kappa shape index (κ3) is 13.6. The molecule has 0 aromatic rings. The van der Waals surface area contributed by atoms with Gasteiger partial charge in [-0.15, -0.1) is 0 Å². The lowest BCUT2D eigenvalue weighted by atomic mass is 10.1. The van der Waals surface area contributed by atoms with E-state index in [2.05, 4.69) is 0 Å². The van der Waals surface area contributed by atoms with Crippen molar-refractivity contribution in [1.29, 1.82) is 0 Å². The molecule has 0 saturated heterocycles. The Kier molecular flexibility index (Phi) is 7.58. The molecule has 0 atom stereocenters. The third-order valence-electron chi connectivity index (χ3n) is 2.10. The van der Waals surface area contributed by atoms with E-state index in [4.69, 9.17) is 8.85 Å². The Labute approximate surface area is 119 Å². The Morgan fingerprint density at radius 3 is 1.26 bits per heavy atom. The molecule has 0 unspecified atom stereocenters. The minimum atomic E-state index is -1.75. The van der Waals surface area contributed by atoms with Crippen LogP contribution in [0, 0.1) is 0 Å². The van der Waals surface area contributed by atoms with E-state index in [0.717, 1.165) is 19.3 Å². The largest absolute Gasteiger partial charge is 0.520 e. The molecule has 6 heteroatoms. The monoisotopic (exact) mass is 304 g/mol. The van der Waals surface area contributed by atoms with E-state index in [-0.39, 0.29) is 11.9 Å². The van der Waals surface area contributed by atoms with Crippen molar-refractivity contribution in [1.82, 2.24) is 0 Å². The van der Waals surface area contributed by atoms with Gasteiger partial charge < -0.3 is 8.85 Å². The van der Waals surface area contributed by atoms with E-state index in [9.17, 15) is 9.59 Å². The van der Waals surface area contributed by atoms with Gasteiger partial charge in [0.2, 0.25) is 16.6 Å². The molecular weight excluding hydrogens is 276 g/mol. The first-order valence-electron chi connectivity index (χ1n) is 6.93. The maximum atomic E-state index is 11.5. The molecule has 0 bridgehead atoms. The average Bonchev–Trinajstić information content (AvgIpc) is 2.10. The maximum Gasteiger partial charge on any atom is 0.292 e. The minimum absolute atomic E-state index is 0.108. The van der Waals surface area contributed by atoms with Crippen molar-refractivity contribution in [3.05, 3.63) is 0 Å². The molecule has 0 radical (unpaired) electrons. The normalized spacial score (nSPS) is 12.1. The zero-order valence-corrected chi connectivity index (χ0v) is 15.2. The van der Waals surface area contributed by atoms with E-state index >= 15 is 0 Å². The topological polar surface area (TPSA) is 52.6 Å². The van der Waals surface area contributed by atoms with E-state index < -0.39 is 16.6 Å². The Hall–Kier alpha value is -0.626. The number of unbranched alkanes of at least 4 members (excludes halogenated alkanes) is 2. The van der Waals surface area contributed by atoms with Crippen LogP contribution in [-0.2, 0) is 18.4 Å². The van der Waals surface area contributed by atoms with Crippen LogP contribution in [0.25, 0.3) is 0 Å². The molecule has 0 aliphatic rings. The van der Waals surface area contributed by atoms with Gasteiger partial charge in [-0.25, -0.2) is 0 Å². The number of carbonyl (C=O) groups is 2. The van der Waals surface area contributed by atoms with Gasteiger partial charge in [0.25, 0.3) is 11.9 Å². The number of rotatable bonds is 8. The molecule has 0 aliphatic carbocycles. The highest BCUT2D eigenvalue weighted by molar-refractivity contribution is 6.71. The zero-order valence-electron chi connectivity index (χ0n) is 13.2. The van der Waals surface area contributed by atoms with Crippen molar-refractivity contribution in [2.45, 2.75) is 71.4 Å². The number of hydrogen-bond acceptors (Lipinski definition) is 4. The van der Waals surface area contributed by atoms with Gasteiger partial charge in [0.15, 0.2) is 0 Å². The van der Waals surface area contributed by atoms with Gasteiger partial charge in [-0.2, -0.15) is 0 Å². The molecule has 0 spiro atoms. The van der Waals surface area contributed by atoms with Crippen LogP contribution in [0.1, 0.15) is 32.1 Å². The Balaban J connectivity index is 3.61. The molecule has 112 valence electrons. The fourth-order valence-corrected chi connectivity index (χ4v) is 3.07. The standard InChI is InChI=1S/C13H28O4Si2/c1-18(2,3)16-12(14)10-8-7-9-11-13(15)17-19(4,5)6/h7-11H2,1-6H3. The Morgan fingerprint density at radius 1 is 0.684 bits per heavy atom. The summed E-state index contributed by atoms with van der Waals surface area (Å²) in [5, 5.41) is 0. The summed E-state index contributed by atoms with van der Waals surface area (Å²) in [6.45, 7) is 12.0. The average molecular weight is 305 g/mol. The van der Waals surface area contributed by atoms with Crippen LogP contribution in [-0.4, -0.2) is 28.6 Å². The summed E-state index contributed by atoms with van der Waals surface area (Å²) in [5.74, 6) is -0.215. The first-order valence-corrected chi connectivity index (χ1v) is 13.7. The summed E-state index contributed by atoms with van der Waals surface area (Å²) in [6.07, 6.45) is 3.33. The van der Waals surface area contributed by atoms with E-state index in [1.54, 1.807) is 0 Å². The predicted molar refractivity (Wildman–Crippen MR) is 82.0 cm³/mol. The van der Waals surface area contributed by atoms with Gasteiger partial charge in [0.05, 0.1) is 0 Å². The van der Waals surface area contributed by atoms with Crippen LogP contribution in [0.5, 0.6) is 0 Å². The van der Waals surface area contributed by atoms with Crippen molar-refractivity contribution in [2.24, 2.45) is 0 Å². The molecule has 19 heavy (non-hydrogen) atoms. The van der Waals surface area contributed by atoms with E-state index in [1.165, 1.54) is 0 Å². The van der Waals surface area contributed by atoms with E-state index in [0.29, 0.717) is 12.8 Å². The third-order valence-corrected chi connectivity index (χ3v) is 3.78. The fraction of sp³-hybridized carbons (Fsp3) is 0.846. The maximum absolute atomic E-state index is 11.5. The van der Waals surface area contributed by atoms with Crippen LogP contribution in [0.3, 0.4) is 0 Å². The zero-order chi connectivity index (χ0) is 15.1. The molecule has 0 amide bonds.